The quantitative estimate of drug-likeness (QED) is 0.906. The van der Waals surface area contributed by atoms with Gasteiger partial charge in [0.1, 0.15) is 10.7 Å². The van der Waals surface area contributed by atoms with Crippen molar-refractivity contribution in [3.05, 3.63) is 40.2 Å². The van der Waals surface area contributed by atoms with Crippen LogP contribution in [-0.4, -0.2) is 18.5 Å². The van der Waals surface area contributed by atoms with Crippen molar-refractivity contribution in [3.8, 4) is 0 Å². The standard InChI is InChI=1S/C12H13FN2O3S2/c1-7-8(2)19-12(14-7)15-20(17,18)11-4-3-9(6-16)5-10(11)13/h3-5,16H,6H2,1-2H3,(H,14,15). The molecule has 0 atom stereocenters. The van der Waals surface area contributed by atoms with Gasteiger partial charge in [0.05, 0.1) is 12.3 Å². The highest BCUT2D eigenvalue weighted by molar-refractivity contribution is 7.93. The van der Waals surface area contributed by atoms with Gasteiger partial charge in [-0.3, -0.25) is 4.72 Å². The van der Waals surface area contributed by atoms with Gasteiger partial charge in [0.15, 0.2) is 5.13 Å². The van der Waals surface area contributed by atoms with Crippen molar-refractivity contribution in [2.45, 2.75) is 25.3 Å². The second-order valence-corrected chi connectivity index (χ2v) is 7.04. The molecule has 2 aromatic rings. The lowest BCUT2D eigenvalue weighted by molar-refractivity contribution is 0.281. The fraction of sp³-hybridized carbons (Fsp3) is 0.250. The summed E-state index contributed by atoms with van der Waals surface area (Å²) in [5.41, 5.74) is 1.03. The van der Waals surface area contributed by atoms with E-state index in [1.165, 1.54) is 17.4 Å². The predicted octanol–water partition coefficient (Wildman–Crippen LogP) is 2.19. The highest BCUT2D eigenvalue weighted by atomic mass is 32.2. The maximum atomic E-state index is 13.8. The van der Waals surface area contributed by atoms with Crippen LogP contribution in [0, 0.1) is 19.7 Å². The fourth-order valence-electron chi connectivity index (χ4n) is 1.55. The summed E-state index contributed by atoms with van der Waals surface area (Å²) in [6.07, 6.45) is 0. The minimum Gasteiger partial charge on any atom is -0.392 e. The Morgan fingerprint density at radius 1 is 1.40 bits per heavy atom. The van der Waals surface area contributed by atoms with E-state index in [1.807, 2.05) is 6.92 Å². The predicted molar refractivity (Wildman–Crippen MR) is 74.7 cm³/mol. The Labute approximate surface area is 120 Å². The summed E-state index contributed by atoms with van der Waals surface area (Å²) in [7, 11) is -4.03. The lowest BCUT2D eigenvalue weighted by Crippen LogP contribution is -2.14. The summed E-state index contributed by atoms with van der Waals surface area (Å²) in [5, 5.41) is 9.08. The number of rotatable bonds is 4. The topological polar surface area (TPSA) is 79.3 Å². The molecular formula is C12H13FN2O3S2. The Kier molecular flexibility index (Phi) is 4.07. The number of halogens is 1. The molecule has 0 bridgehead atoms. The van der Waals surface area contributed by atoms with E-state index in [9.17, 15) is 12.8 Å². The summed E-state index contributed by atoms with van der Waals surface area (Å²) in [6.45, 7) is 3.23. The van der Waals surface area contributed by atoms with Gasteiger partial charge in [-0.05, 0) is 31.5 Å². The summed E-state index contributed by atoms with van der Waals surface area (Å²) < 4.78 is 40.2. The highest BCUT2D eigenvalue weighted by Gasteiger charge is 2.21. The molecule has 108 valence electrons. The largest absolute Gasteiger partial charge is 0.392 e. The Morgan fingerprint density at radius 2 is 2.10 bits per heavy atom. The normalized spacial score (nSPS) is 11.6. The van der Waals surface area contributed by atoms with Gasteiger partial charge in [0.25, 0.3) is 10.0 Å². The van der Waals surface area contributed by atoms with Crippen LogP contribution in [0.2, 0.25) is 0 Å². The molecule has 0 saturated heterocycles. The molecule has 2 rings (SSSR count). The number of hydrogen-bond acceptors (Lipinski definition) is 5. The molecule has 0 aliphatic carbocycles. The third-order valence-electron chi connectivity index (χ3n) is 2.72. The molecule has 5 nitrogen and oxygen atoms in total. The lowest BCUT2D eigenvalue weighted by Gasteiger charge is -2.07. The van der Waals surface area contributed by atoms with Crippen LogP contribution in [0.3, 0.4) is 0 Å². The van der Waals surface area contributed by atoms with Crippen molar-refractivity contribution in [2.75, 3.05) is 4.72 Å². The Morgan fingerprint density at radius 3 is 2.60 bits per heavy atom. The van der Waals surface area contributed by atoms with Crippen LogP contribution in [-0.2, 0) is 16.6 Å². The number of aryl methyl sites for hydroxylation is 2. The number of aliphatic hydroxyl groups excluding tert-OH is 1. The van der Waals surface area contributed by atoms with Crippen LogP contribution in [0.25, 0.3) is 0 Å². The minimum atomic E-state index is -4.03. The molecule has 0 aliphatic heterocycles. The Hall–Kier alpha value is -1.51. The van der Waals surface area contributed by atoms with Crippen molar-refractivity contribution in [1.82, 2.24) is 4.98 Å². The van der Waals surface area contributed by atoms with Gasteiger partial charge in [-0.2, -0.15) is 0 Å². The summed E-state index contributed by atoms with van der Waals surface area (Å²) in [4.78, 5) is 4.47. The number of sulfonamides is 1. The Bertz CT molecular complexity index is 722. The van der Waals surface area contributed by atoms with Gasteiger partial charge in [0.2, 0.25) is 0 Å². The maximum Gasteiger partial charge on any atom is 0.266 e. The van der Waals surface area contributed by atoms with E-state index in [1.54, 1.807) is 6.92 Å². The number of nitrogens with one attached hydrogen (secondary N) is 1. The zero-order chi connectivity index (χ0) is 14.9. The van der Waals surface area contributed by atoms with Gasteiger partial charge < -0.3 is 5.11 Å². The van der Waals surface area contributed by atoms with Gasteiger partial charge in [-0.1, -0.05) is 6.07 Å². The van der Waals surface area contributed by atoms with Crippen LogP contribution in [0.5, 0.6) is 0 Å². The van der Waals surface area contributed by atoms with E-state index in [4.69, 9.17) is 5.11 Å². The molecule has 0 saturated carbocycles. The van der Waals surface area contributed by atoms with E-state index in [-0.39, 0.29) is 11.7 Å². The first-order valence-electron chi connectivity index (χ1n) is 5.69. The first kappa shape index (κ1) is 14.9. The van der Waals surface area contributed by atoms with Gasteiger partial charge in [0, 0.05) is 4.88 Å². The smallest absolute Gasteiger partial charge is 0.266 e. The van der Waals surface area contributed by atoms with E-state index >= 15 is 0 Å². The van der Waals surface area contributed by atoms with Crippen molar-refractivity contribution in [2.24, 2.45) is 0 Å². The fourth-order valence-corrected chi connectivity index (χ4v) is 3.66. The van der Waals surface area contributed by atoms with Crippen LogP contribution in [0.15, 0.2) is 23.1 Å². The SMILES string of the molecule is Cc1nc(NS(=O)(=O)c2ccc(CO)cc2F)sc1C. The average Bonchev–Trinajstić information content (AvgIpc) is 2.66. The molecule has 8 heteroatoms. The van der Waals surface area contributed by atoms with Crippen LogP contribution in [0.1, 0.15) is 16.1 Å². The molecule has 2 N–H and O–H groups in total. The molecule has 0 spiro atoms. The van der Waals surface area contributed by atoms with E-state index in [2.05, 4.69) is 9.71 Å². The molecule has 20 heavy (non-hydrogen) atoms. The molecule has 1 aromatic carbocycles. The van der Waals surface area contributed by atoms with Crippen LogP contribution >= 0.6 is 11.3 Å². The van der Waals surface area contributed by atoms with Crippen molar-refractivity contribution < 1.29 is 17.9 Å². The number of nitrogens with zero attached hydrogens (tertiary/aromatic N) is 1. The second-order valence-electron chi connectivity index (χ2n) is 4.19. The number of thiazole rings is 1. The number of hydrogen-bond donors (Lipinski definition) is 2. The van der Waals surface area contributed by atoms with E-state index < -0.39 is 20.7 Å². The van der Waals surface area contributed by atoms with Gasteiger partial charge in [-0.15, -0.1) is 11.3 Å². The first-order chi connectivity index (χ1) is 9.33. The summed E-state index contributed by atoms with van der Waals surface area (Å²) >= 11 is 1.19. The molecule has 1 aromatic heterocycles. The average molecular weight is 316 g/mol. The van der Waals surface area contributed by atoms with E-state index in [0.717, 1.165) is 22.7 Å². The molecule has 0 amide bonds. The molecule has 1 heterocycles. The molecule has 0 fully saturated rings. The first-order valence-corrected chi connectivity index (χ1v) is 7.99. The van der Waals surface area contributed by atoms with Crippen molar-refractivity contribution >= 4 is 26.5 Å². The maximum absolute atomic E-state index is 13.8. The monoisotopic (exact) mass is 316 g/mol. The van der Waals surface area contributed by atoms with Gasteiger partial charge >= 0.3 is 0 Å². The van der Waals surface area contributed by atoms with E-state index in [0.29, 0.717) is 5.56 Å². The zero-order valence-electron chi connectivity index (χ0n) is 10.8. The zero-order valence-corrected chi connectivity index (χ0v) is 12.5. The summed E-state index contributed by atoms with van der Waals surface area (Å²) in [6, 6.07) is 3.47. The number of aliphatic hydroxyl groups is 1. The third kappa shape index (κ3) is 2.97. The molecule has 0 aliphatic rings. The molecule has 0 unspecified atom stereocenters. The van der Waals surface area contributed by atoms with Crippen LogP contribution < -0.4 is 4.72 Å². The van der Waals surface area contributed by atoms with Gasteiger partial charge in [-0.25, -0.2) is 17.8 Å². The van der Waals surface area contributed by atoms with Crippen molar-refractivity contribution in [3.63, 3.8) is 0 Å². The lowest BCUT2D eigenvalue weighted by atomic mass is 10.2. The highest BCUT2D eigenvalue weighted by Crippen LogP contribution is 2.25. The van der Waals surface area contributed by atoms with Crippen LogP contribution in [0.4, 0.5) is 9.52 Å². The van der Waals surface area contributed by atoms with Crippen molar-refractivity contribution in [1.29, 1.82) is 0 Å². The molecular weight excluding hydrogens is 303 g/mol. The number of aromatic nitrogens is 1. The second kappa shape index (κ2) is 5.47. The molecule has 0 radical (unpaired) electrons. The third-order valence-corrected chi connectivity index (χ3v) is 5.21. The summed E-state index contributed by atoms with van der Waals surface area (Å²) in [5.74, 6) is -0.908. The Balaban J connectivity index is 2.35. The number of anilines is 1. The minimum absolute atomic E-state index is 0.200. The number of benzene rings is 1.